The van der Waals surface area contributed by atoms with Crippen LogP contribution in [-0.4, -0.2) is 52.1 Å². The Bertz CT molecular complexity index is 831. The van der Waals surface area contributed by atoms with Gasteiger partial charge in [0.15, 0.2) is 0 Å². The van der Waals surface area contributed by atoms with Gasteiger partial charge in [0.1, 0.15) is 6.61 Å². The fourth-order valence-electron chi connectivity index (χ4n) is 2.48. The number of aromatic nitrogens is 4. The smallest absolute Gasteiger partial charge is 0.219 e. The van der Waals surface area contributed by atoms with Crippen LogP contribution in [0.2, 0.25) is 0 Å². The van der Waals surface area contributed by atoms with Gasteiger partial charge in [-0.05, 0) is 37.9 Å². The van der Waals surface area contributed by atoms with Crippen molar-refractivity contribution >= 4 is 17.0 Å². The molecule has 0 amide bonds. The average molecular weight is 311 g/mol. The molecule has 0 atom stereocenters. The molecule has 2 aromatic heterocycles. The zero-order chi connectivity index (χ0) is 16.4. The number of fused-ring (bicyclic) bond motifs is 1. The van der Waals surface area contributed by atoms with Gasteiger partial charge in [-0.3, -0.25) is 5.10 Å². The molecule has 120 valence electrons. The predicted octanol–water partition coefficient (Wildman–Crippen LogP) is 2.55. The third-order valence-electron chi connectivity index (χ3n) is 3.76. The van der Waals surface area contributed by atoms with Crippen LogP contribution >= 0.6 is 0 Å². The van der Waals surface area contributed by atoms with Crippen molar-refractivity contribution in [1.29, 1.82) is 0 Å². The molecule has 0 saturated carbocycles. The van der Waals surface area contributed by atoms with Gasteiger partial charge in [-0.15, -0.1) is 0 Å². The number of ether oxygens (including phenoxy) is 1. The Morgan fingerprint density at radius 2 is 2.22 bits per heavy atom. The molecule has 3 rings (SSSR count). The Morgan fingerprint density at radius 3 is 2.96 bits per heavy atom. The lowest BCUT2D eigenvalue weighted by Gasteiger charge is -2.12. The summed E-state index contributed by atoms with van der Waals surface area (Å²) in [7, 11) is 5.94. The average Bonchev–Trinajstić information content (AvgIpc) is 3.10. The first-order valence-electron chi connectivity index (χ1n) is 7.50. The molecule has 0 spiro atoms. The van der Waals surface area contributed by atoms with Crippen LogP contribution in [0, 0.1) is 0 Å². The first kappa shape index (κ1) is 15.3. The SMILES string of the molecule is C=Cc1n[nH]c2ccc(-c3cnn(C)c3OCCN(C)C)cc12. The highest BCUT2D eigenvalue weighted by molar-refractivity contribution is 5.90. The standard InChI is InChI=1S/C17H21N5O/c1-5-15-13-10-12(6-7-16(13)20-19-15)14-11-18-22(4)17(14)23-9-8-21(2)3/h5-7,10-11H,1,8-9H2,2-4H3,(H,19,20). The van der Waals surface area contributed by atoms with Crippen LogP contribution in [0.5, 0.6) is 5.88 Å². The number of nitrogens with one attached hydrogen (secondary N) is 1. The molecule has 0 aliphatic heterocycles. The Kier molecular flexibility index (Phi) is 4.16. The number of aryl methyl sites for hydroxylation is 1. The van der Waals surface area contributed by atoms with Crippen molar-refractivity contribution in [2.75, 3.05) is 27.2 Å². The summed E-state index contributed by atoms with van der Waals surface area (Å²) in [5, 5.41) is 12.6. The summed E-state index contributed by atoms with van der Waals surface area (Å²) in [6.07, 6.45) is 3.58. The van der Waals surface area contributed by atoms with E-state index in [1.54, 1.807) is 10.8 Å². The Balaban J connectivity index is 1.96. The molecule has 23 heavy (non-hydrogen) atoms. The Labute approximate surface area is 135 Å². The van der Waals surface area contributed by atoms with Gasteiger partial charge in [0.2, 0.25) is 5.88 Å². The normalized spacial score (nSPS) is 11.3. The molecule has 0 unspecified atom stereocenters. The van der Waals surface area contributed by atoms with Gasteiger partial charge in [-0.1, -0.05) is 12.6 Å². The van der Waals surface area contributed by atoms with Crippen LogP contribution in [0.25, 0.3) is 28.1 Å². The van der Waals surface area contributed by atoms with E-state index in [9.17, 15) is 0 Å². The van der Waals surface area contributed by atoms with Crippen LogP contribution < -0.4 is 4.74 Å². The summed E-state index contributed by atoms with van der Waals surface area (Å²) in [5.74, 6) is 0.773. The monoisotopic (exact) mass is 311 g/mol. The predicted molar refractivity (Wildman–Crippen MR) is 92.4 cm³/mol. The highest BCUT2D eigenvalue weighted by Crippen LogP contribution is 2.32. The molecule has 0 fully saturated rings. The van der Waals surface area contributed by atoms with Gasteiger partial charge in [0, 0.05) is 19.0 Å². The second-order valence-corrected chi connectivity index (χ2v) is 5.71. The fourth-order valence-corrected chi connectivity index (χ4v) is 2.48. The summed E-state index contributed by atoms with van der Waals surface area (Å²) >= 11 is 0. The number of likely N-dealkylation sites (N-methyl/N-ethyl adjacent to an activating group) is 1. The van der Waals surface area contributed by atoms with Crippen LogP contribution in [0.4, 0.5) is 0 Å². The van der Waals surface area contributed by atoms with E-state index in [1.165, 1.54) is 0 Å². The van der Waals surface area contributed by atoms with E-state index < -0.39 is 0 Å². The van der Waals surface area contributed by atoms with Crippen LogP contribution in [0.15, 0.2) is 31.0 Å². The second kappa shape index (κ2) is 6.26. The number of H-pyrrole nitrogens is 1. The fraction of sp³-hybridized carbons (Fsp3) is 0.294. The highest BCUT2D eigenvalue weighted by Gasteiger charge is 2.14. The first-order chi connectivity index (χ1) is 11.1. The van der Waals surface area contributed by atoms with E-state index in [0.29, 0.717) is 6.61 Å². The van der Waals surface area contributed by atoms with Gasteiger partial charge in [-0.25, -0.2) is 4.68 Å². The largest absolute Gasteiger partial charge is 0.476 e. The third-order valence-corrected chi connectivity index (χ3v) is 3.76. The maximum atomic E-state index is 5.94. The lowest BCUT2D eigenvalue weighted by Crippen LogP contribution is -2.20. The minimum Gasteiger partial charge on any atom is -0.476 e. The maximum absolute atomic E-state index is 5.94. The molecular formula is C17H21N5O. The van der Waals surface area contributed by atoms with Gasteiger partial charge >= 0.3 is 0 Å². The molecule has 6 nitrogen and oxygen atoms in total. The van der Waals surface area contributed by atoms with E-state index in [0.717, 1.165) is 40.1 Å². The van der Waals surface area contributed by atoms with Crippen molar-refractivity contribution in [3.8, 4) is 17.0 Å². The van der Waals surface area contributed by atoms with E-state index >= 15 is 0 Å². The van der Waals surface area contributed by atoms with E-state index in [4.69, 9.17) is 4.74 Å². The molecule has 0 aliphatic rings. The summed E-state index contributed by atoms with van der Waals surface area (Å²) in [4.78, 5) is 2.09. The molecule has 6 heteroatoms. The zero-order valence-corrected chi connectivity index (χ0v) is 13.7. The number of aromatic amines is 1. The van der Waals surface area contributed by atoms with Gasteiger partial charge in [0.05, 0.1) is 23.0 Å². The minimum atomic E-state index is 0.616. The van der Waals surface area contributed by atoms with Crippen molar-refractivity contribution in [3.63, 3.8) is 0 Å². The van der Waals surface area contributed by atoms with E-state index in [2.05, 4.69) is 32.8 Å². The van der Waals surface area contributed by atoms with Crippen molar-refractivity contribution in [2.24, 2.45) is 7.05 Å². The van der Waals surface area contributed by atoms with E-state index in [-0.39, 0.29) is 0 Å². The van der Waals surface area contributed by atoms with Crippen LogP contribution in [-0.2, 0) is 7.05 Å². The molecule has 1 aromatic carbocycles. The van der Waals surface area contributed by atoms with Gasteiger partial charge in [-0.2, -0.15) is 10.2 Å². The molecule has 2 heterocycles. The van der Waals surface area contributed by atoms with Crippen molar-refractivity contribution < 1.29 is 4.74 Å². The molecule has 0 saturated heterocycles. The van der Waals surface area contributed by atoms with Crippen molar-refractivity contribution in [3.05, 3.63) is 36.7 Å². The maximum Gasteiger partial charge on any atom is 0.219 e. The summed E-state index contributed by atoms with van der Waals surface area (Å²) in [5.41, 5.74) is 3.86. The topological polar surface area (TPSA) is 59.0 Å². The third kappa shape index (κ3) is 2.98. The van der Waals surface area contributed by atoms with E-state index in [1.807, 2.05) is 39.5 Å². The Hall–Kier alpha value is -2.60. The number of benzene rings is 1. The molecular weight excluding hydrogens is 290 g/mol. The Morgan fingerprint density at radius 1 is 1.39 bits per heavy atom. The molecule has 0 radical (unpaired) electrons. The first-order valence-corrected chi connectivity index (χ1v) is 7.50. The van der Waals surface area contributed by atoms with Crippen molar-refractivity contribution in [1.82, 2.24) is 24.9 Å². The summed E-state index contributed by atoms with van der Waals surface area (Å²) in [6.45, 7) is 5.28. The van der Waals surface area contributed by atoms with Crippen LogP contribution in [0.3, 0.4) is 0 Å². The summed E-state index contributed by atoms with van der Waals surface area (Å²) in [6, 6.07) is 6.15. The molecule has 0 aliphatic carbocycles. The molecule has 0 bridgehead atoms. The number of hydrogen-bond donors (Lipinski definition) is 1. The molecule has 3 aromatic rings. The highest BCUT2D eigenvalue weighted by atomic mass is 16.5. The second-order valence-electron chi connectivity index (χ2n) is 5.71. The lowest BCUT2D eigenvalue weighted by molar-refractivity contribution is 0.245. The number of nitrogens with zero attached hydrogens (tertiary/aromatic N) is 4. The summed E-state index contributed by atoms with van der Waals surface area (Å²) < 4.78 is 7.70. The number of hydrogen-bond acceptors (Lipinski definition) is 4. The van der Waals surface area contributed by atoms with Crippen LogP contribution in [0.1, 0.15) is 5.69 Å². The zero-order valence-electron chi connectivity index (χ0n) is 13.7. The molecule has 1 N–H and O–H groups in total. The van der Waals surface area contributed by atoms with Crippen molar-refractivity contribution in [2.45, 2.75) is 0 Å². The quantitative estimate of drug-likeness (QED) is 0.760. The van der Waals surface area contributed by atoms with Gasteiger partial charge in [0.25, 0.3) is 0 Å². The van der Waals surface area contributed by atoms with Gasteiger partial charge < -0.3 is 9.64 Å². The minimum absolute atomic E-state index is 0.616. The lowest BCUT2D eigenvalue weighted by atomic mass is 10.1. The number of rotatable bonds is 6.